The predicted octanol–water partition coefficient (Wildman–Crippen LogP) is 3.99. The Hall–Kier alpha value is -1.03. The molecule has 0 atom stereocenters. The quantitative estimate of drug-likeness (QED) is 0.512. The molecule has 0 saturated carbocycles. The fourth-order valence-electron chi connectivity index (χ4n) is 2.36. The molecule has 4 nitrogen and oxygen atoms in total. The SMILES string of the molecule is O=S(=O)(CCNCc1cccs1)N(Cc1cccs1)Cc1cccs1. The molecule has 8 heteroatoms. The van der Waals surface area contributed by atoms with Gasteiger partial charge in [0.2, 0.25) is 10.0 Å². The first-order valence-corrected chi connectivity index (χ1v) is 12.1. The molecule has 0 amide bonds. The summed E-state index contributed by atoms with van der Waals surface area (Å²) in [6.07, 6.45) is 0. The van der Waals surface area contributed by atoms with Crippen LogP contribution in [0.3, 0.4) is 0 Å². The Morgan fingerprint density at radius 1 is 0.840 bits per heavy atom. The van der Waals surface area contributed by atoms with Gasteiger partial charge in [-0.1, -0.05) is 18.2 Å². The Labute approximate surface area is 160 Å². The van der Waals surface area contributed by atoms with Crippen LogP contribution in [0.25, 0.3) is 0 Å². The monoisotopic (exact) mass is 412 g/mol. The molecule has 134 valence electrons. The van der Waals surface area contributed by atoms with Crippen LogP contribution in [0.5, 0.6) is 0 Å². The predicted molar refractivity (Wildman–Crippen MR) is 108 cm³/mol. The van der Waals surface area contributed by atoms with Crippen molar-refractivity contribution in [3.63, 3.8) is 0 Å². The Morgan fingerprint density at radius 3 is 1.84 bits per heavy atom. The highest BCUT2D eigenvalue weighted by Gasteiger charge is 2.23. The van der Waals surface area contributed by atoms with Gasteiger partial charge in [-0.05, 0) is 34.3 Å². The van der Waals surface area contributed by atoms with Crippen LogP contribution in [0, 0.1) is 0 Å². The molecular formula is C17H20N2O2S4. The summed E-state index contributed by atoms with van der Waals surface area (Å²) in [5, 5.41) is 9.21. The van der Waals surface area contributed by atoms with E-state index >= 15 is 0 Å². The molecule has 0 aliphatic carbocycles. The zero-order chi connectivity index (χ0) is 17.5. The van der Waals surface area contributed by atoms with Gasteiger partial charge in [-0.3, -0.25) is 0 Å². The standard InChI is InChI=1S/C17H20N2O2S4/c20-25(21,11-7-18-12-15-4-1-8-22-15)19(13-16-5-2-9-23-16)14-17-6-3-10-24-17/h1-6,8-10,18H,7,11-14H2. The van der Waals surface area contributed by atoms with Gasteiger partial charge in [-0.25, -0.2) is 8.42 Å². The Balaban J connectivity index is 1.60. The summed E-state index contributed by atoms with van der Waals surface area (Å²) >= 11 is 4.85. The van der Waals surface area contributed by atoms with Crippen LogP contribution >= 0.6 is 34.0 Å². The van der Waals surface area contributed by atoms with Gasteiger partial charge in [-0.15, -0.1) is 34.0 Å². The van der Waals surface area contributed by atoms with Gasteiger partial charge in [0.15, 0.2) is 0 Å². The third-order valence-corrected chi connectivity index (χ3v) is 8.00. The molecule has 0 bridgehead atoms. The number of sulfonamides is 1. The van der Waals surface area contributed by atoms with Crippen molar-refractivity contribution in [3.8, 4) is 0 Å². The van der Waals surface area contributed by atoms with Crippen molar-refractivity contribution in [2.24, 2.45) is 0 Å². The Bertz CT molecular complexity index is 789. The molecule has 0 aliphatic heterocycles. The fraction of sp³-hybridized carbons (Fsp3) is 0.294. The maximum Gasteiger partial charge on any atom is 0.216 e. The van der Waals surface area contributed by atoms with E-state index in [9.17, 15) is 8.42 Å². The van der Waals surface area contributed by atoms with Gasteiger partial charge in [0, 0.05) is 40.8 Å². The molecule has 3 aromatic rings. The second-order valence-electron chi connectivity index (χ2n) is 5.50. The molecule has 0 aliphatic rings. The first kappa shape index (κ1) is 18.8. The van der Waals surface area contributed by atoms with E-state index in [4.69, 9.17) is 0 Å². The molecule has 0 spiro atoms. The molecule has 25 heavy (non-hydrogen) atoms. The maximum atomic E-state index is 12.8. The van der Waals surface area contributed by atoms with Crippen molar-refractivity contribution in [2.45, 2.75) is 19.6 Å². The lowest BCUT2D eigenvalue weighted by Gasteiger charge is -2.21. The van der Waals surface area contributed by atoms with Crippen LogP contribution in [-0.4, -0.2) is 25.0 Å². The van der Waals surface area contributed by atoms with Crippen LogP contribution in [0.1, 0.15) is 14.6 Å². The number of nitrogens with zero attached hydrogens (tertiary/aromatic N) is 1. The van der Waals surface area contributed by atoms with E-state index in [0.717, 1.165) is 9.75 Å². The van der Waals surface area contributed by atoms with Gasteiger partial charge in [0.05, 0.1) is 5.75 Å². The van der Waals surface area contributed by atoms with Gasteiger partial charge in [0.1, 0.15) is 0 Å². The minimum absolute atomic E-state index is 0.106. The van der Waals surface area contributed by atoms with Crippen LogP contribution < -0.4 is 5.32 Å². The molecule has 0 unspecified atom stereocenters. The lowest BCUT2D eigenvalue weighted by molar-refractivity contribution is 0.406. The molecule has 3 heterocycles. The van der Waals surface area contributed by atoms with Crippen molar-refractivity contribution in [1.29, 1.82) is 0 Å². The van der Waals surface area contributed by atoms with Gasteiger partial charge in [0.25, 0.3) is 0 Å². The molecule has 0 radical (unpaired) electrons. The minimum atomic E-state index is -3.33. The lowest BCUT2D eigenvalue weighted by Crippen LogP contribution is -2.35. The maximum absolute atomic E-state index is 12.8. The van der Waals surface area contributed by atoms with E-state index in [0.29, 0.717) is 26.2 Å². The topological polar surface area (TPSA) is 49.4 Å². The second-order valence-corrected chi connectivity index (χ2v) is 10.7. The van der Waals surface area contributed by atoms with Crippen molar-refractivity contribution < 1.29 is 8.42 Å². The summed E-state index contributed by atoms with van der Waals surface area (Å²) in [6, 6.07) is 11.9. The Morgan fingerprint density at radius 2 is 1.36 bits per heavy atom. The average Bonchev–Trinajstić information content (AvgIpc) is 3.34. The Kier molecular flexibility index (Phi) is 6.80. The zero-order valence-electron chi connectivity index (χ0n) is 13.6. The highest BCUT2D eigenvalue weighted by atomic mass is 32.2. The third-order valence-electron chi connectivity index (χ3n) is 3.63. The number of thiophene rings is 3. The zero-order valence-corrected chi connectivity index (χ0v) is 16.9. The second kappa shape index (κ2) is 9.07. The highest BCUT2D eigenvalue weighted by Crippen LogP contribution is 2.20. The van der Waals surface area contributed by atoms with Crippen LogP contribution in [0.4, 0.5) is 0 Å². The summed E-state index contributed by atoms with van der Waals surface area (Å²) in [7, 11) is -3.33. The number of nitrogens with one attached hydrogen (secondary N) is 1. The highest BCUT2D eigenvalue weighted by molar-refractivity contribution is 7.89. The lowest BCUT2D eigenvalue weighted by atomic mass is 10.4. The van der Waals surface area contributed by atoms with E-state index in [-0.39, 0.29) is 5.75 Å². The number of hydrogen-bond acceptors (Lipinski definition) is 6. The molecule has 0 saturated heterocycles. The molecule has 3 aromatic heterocycles. The van der Waals surface area contributed by atoms with Gasteiger partial charge in [-0.2, -0.15) is 4.31 Å². The molecule has 1 N–H and O–H groups in total. The minimum Gasteiger partial charge on any atom is -0.311 e. The summed E-state index contributed by atoms with van der Waals surface area (Å²) in [5.41, 5.74) is 0. The van der Waals surface area contributed by atoms with Crippen molar-refractivity contribution >= 4 is 44.0 Å². The number of hydrogen-bond donors (Lipinski definition) is 1. The summed E-state index contributed by atoms with van der Waals surface area (Å²) in [5.74, 6) is 0.106. The third kappa shape index (κ3) is 5.73. The van der Waals surface area contributed by atoms with E-state index in [2.05, 4.69) is 5.32 Å². The smallest absolute Gasteiger partial charge is 0.216 e. The van der Waals surface area contributed by atoms with Crippen molar-refractivity contribution in [1.82, 2.24) is 9.62 Å². The number of rotatable bonds is 10. The van der Waals surface area contributed by atoms with Crippen LogP contribution in [0.2, 0.25) is 0 Å². The first-order chi connectivity index (χ1) is 12.1. The average molecular weight is 413 g/mol. The fourth-order valence-corrected chi connectivity index (χ4v) is 5.97. The van der Waals surface area contributed by atoms with Gasteiger partial charge < -0.3 is 5.32 Å². The van der Waals surface area contributed by atoms with Crippen molar-refractivity contribution in [3.05, 3.63) is 67.2 Å². The summed E-state index contributed by atoms with van der Waals surface area (Å²) < 4.78 is 27.3. The van der Waals surface area contributed by atoms with E-state index in [1.54, 1.807) is 38.3 Å². The molecule has 3 rings (SSSR count). The molecule has 0 aromatic carbocycles. The van der Waals surface area contributed by atoms with E-state index in [1.807, 2.05) is 52.5 Å². The normalized spacial score (nSPS) is 12.0. The van der Waals surface area contributed by atoms with Gasteiger partial charge >= 0.3 is 0 Å². The van der Waals surface area contributed by atoms with Crippen LogP contribution in [-0.2, 0) is 29.7 Å². The summed E-state index contributed by atoms with van der Waals surface area (Å²) in [6.45, 7) is 2.03. The molecule has 0 fully saturated rings. The van der Waals surface area contributed by atoms with Crippen molar-refractivity contribution in [2.75, 3.05) is 12.3 Å². The summed E-state index contributed by atoms with van der Waals surface area (Å²) in [4.78, 5) is 3.34. The van der Waals surface area contributed by atoms with Crippen LogP contribution in [0.15, 0.2) is 52.5 Å². The first-order valence-electron chi connectivity index (χ1n) is 7.89. The molecular weight excluding hydrogens is 392 g/mol. The van der Waals surface area contributed by atoms with E-state index < -0.39 is 10.0 Å². The largest absolute Gasteiger partial charge is 0.311 e. The van der Waals surface area contributed by atoms with E-state index in [1.165, 1.54) is 4.88 Å².